The van der Waals surface area contributed by atoms with E-state index in [0.717, 1.165) is 17.0 Å². The number of rotatable bonds is 4. The molecule has 0 aromatic heterocycles. The summed E-state index contributed by atoms with van der Waals surface area (Å²) in [5.41, 5.74) is 7.93. The largest absolute Gasteiger partial charge is 0.497 e. The Hall–Kier alpha value is -2.75. The third-order valence-electron chi connectivity index (χ3n) is 2.72. The predicted octanol–water partition coefficient (Wildman–Crippen LogP) is 2.93. The third-order valence-corrected chi connectivity index (χ3v) is 2.72. The Morgan fingerprint density at radius 3 is 2.35 bits per heavy atom. The van der Waals surface area contributed by atoms with Crippen molar-refractivity contribution in [2.75, 3.05) is 18.2 Å². The van der Waals surface area contributed by atoms with Crippen LogP contribution >= 0.6 is 0 Å². The minimum Gasteiger partial charge on any atom is -0.497 e. The second-order valence-corrected chi connectivity index (χ2v) is 4.22. The second-order valence-electron chi connectivity index (χ2n) is 4.22. The molecule has 2 rings (SSSR count). The van der Waals surface area contributed by atoms with Gasteiger partial charge in [0.1, 0.15) is 5.75 Å². The van der Waals surface area contributed by atoms with Gasteiger partial charge in [-0.1, -0.05) is 12.1 Å². The standard InChI is InChI=1S/C16H16N2O2/c1-20-15-9-7-14(8-10-15)18-16(19)11-4-12-2-5-13(17)6-3-12/h2-11H,17H2,1H3,(H,18,19)/b11-4+. The maximum Gasteiger partial charge on any atom is 0.248 e. The van der Waals surface area contributed by atoms with Gasteiger partial charge in [-0.15, -0.1) is 0 Å². The van der Waals surface area contributed by atoms with Crippen LogP contribution in [0.15, 0.2) is 54.6 Å². The van der Waals surface area contributed by atoms with Crippen LogP contribution in [0.3, 0.4) is 0 Å². The van der Waals surface area contributed by atoms with E-state index in [-0.39, 0.29) is 5.91 Å². The van der Waals surface area contributed by atoms with E-state index < -0.39 is 0 Å². The van der Waals surface area contributed by atoms with Gasteiger partial charge < -0.3 is 15.8 Å². The number of carbonyl (C=O) groups is 1. The molecule has 3 N–H and O–H groups in total. The van der Waals surface area contributed by atoms with Gasteiger partial charge in [0.05, 0.1) is 7.11 Å². The average molecular weight is 268 g/mol. The molecule has 4 nitrogen and oxygen atoms in total. The van der Waals surface area contributed by atoms with Crippen LogP contribution in [0.4, 0.5) is 11.4 Å². The maximum atomic E-state index is 11.8. The SMILES string of the molecule is COc1ccc(NC(=O)/C=C/c2ccc(N)cc2)cc1. The third kappa shape index (κ3) is 3.88. The monoisotopic (exact) mass is 268 g/mol. The van der Waals surface area contributed by atoms with E-state index in [4.69, 9.17) is 10.5 Å². The molecule has 1 amide bonds. The van der Waals surface area contributed by atoms with Crippen molar-refractivity contribution in [2.24, 2.45) is 0 Å². The molecule has 4 heteroatoms. The fourth-order valence-corrected chi connectivity index (χ4v) is 1.64. The molecule has 0 bridgehead atoms. The number of amides is 1. The Bertz CT molecular complexity index is 601. The van der Waals surface area contributed by atoms with Crippen LogP contribution in [0.25, 0.3) is 6.08 Å². The summed E-state index contributed by atoms with van der Waals surface area (Å²) < 4.78 is 5.05. The molecule has 102 valence electrons. The first-order valence-corrected chi connectivity index (χ1v) is 6.16. The van der Waals surface area contributed by atoms with Gasteiger partial charge >= 0.3 is 0 Å². The van der Waals surface area contributed by atoms with Gasteiger partial charge in [-0.25, -0.2) is 0 Å². The summed E-state index contributed by atoms with van der Waals surface area (Å²) in [5.74, 6) is 0.562. The maximum absolute atomic E-state index is 11.8. The first-order valence-electron chi connectivity index (χ1n) is 6.16. The van der Waals surface area contributed by atoms with E-state index in [0.29, 0.717) is 5.69 Å². The van der Waals surface area contributed by atoms with Crippen LogP contribution in [0.1, 0.15) is 5.56 Å². The van der Waals surface area contributed by atoms with Crippen molar-refractivity contribution in [3.63, 3.8) is 0 Å². The summed E-state index contributed by atoms with van der Waals surface area (Å²) >= 11 is 0. The highest BCUT2D eigenvalue weighted by Crippen LogP contribution is 2.15. The zero-order valence-corrected chi connectivity index (χ0v) is 11.2. The minimum atomic E-state index is -0.188. The summed E-state index contributed by atoms with van der Waals surface area (Å²) in [5, 5.41) is 2.77. The number of ether oxygens (including phenoxy) is 1. The van der Waals surface area contributed by atoms with Crippen LogP contribution < -0.4 is 15.8 Å². The number of hydrogen-bond donors (Lipinski definition) is 2. The molecule has 0 fully saturated rings. The summed E-state index contributed by atoms with van der Waals surface area (Å²) in [6, 6.07) is 14.4. The van der Waals surface area contributed by atoms with Gasteiger partial charge in [0.25, 0.3) is 0 Å². The van der Waals surface area contributed by atoms with E-state index in [2.05, 4.69) is 5.32 Å². The Morgan fingerprint density at radius 1 is 1.10 bits per heavy atom. The van der Waals surface area contributed by atoms with E-state index in [1.165, 1.54) is 6.08 Å². The lowest BCUT2D eigenvalue weighted by molar-refractivity contribution is -0.111. The number of carbonyl (C=O) groups excluding carboxylic acids is 1. The van der Waals surface area contributed by atoms with E-state index in [1.807, 2.05) is 12.1 Å². The number of nitrogens with one attached hydrogen (secondary N) is 1. The Balaban J connectivity index is 1.96. The lowest BCUT2D eigenvalue weighted by Crippen LogP contribution is -2.07. The number of benzene rings is 2. The van der Waals surface area contributed by atoms with Crippen molar-refractivity contribution in [2.45, 2.75) is 0 Å². The van der Waals surface area contributed by atoms with Gasteiger partial charge in [-0.05, 0) is 48.0 Å². The normalized spacial score (nSPS) is 10.4. The van der Waals surface area contributed by atoms with Crippen LogP contribution in [0, 0.1) is 0 Å². The number of hydrogen-bond acceptors (Lipinski definition) is 3. The van der Waals surface area contributed by atoms with Crippen molar-refractivity contribution < 1.29 is 9.53 Å². The summed E-state index contributed by atoms with van der Waals surface area (Å²) in [7, 11) is 1.60. The quantitative estimate of drug-likeness (QED) is 0.662. The topological polar surface area (TPSA) is 64.3 Å². The zero-order chi connectivity index (χ0) is 14.4. The van der Waals surface area contributed by atoms with Crippen molar-refractivity contribution in [1.29, 1.82) is 0 Å². The molecule has 0 aliphatic rings. The second kappa shape index (κ2) is 6.43. The Morgan fingerprint density at radius 2 is 1.75 bits per heavy atom. The predicted molar refractivity (Wildman–Crippen MR) is 81.5 cm³/mol. The molecular formula is C16H16N2O2. The summed E-state index contributed by atoms with van der Waals surface area (Å²) in [6.07, 6.45) is 3.22. The number of methoxy groups -OCH3 is 1. The fraction of sp³-hybridized carbons (Fsp3) is 0.0625. The van der Waals surface area contributed by atoms with Gasteiger partial charge in [-0.2, -0.15) is 0 Å². The van der Waals surface area contributed by atoms with Crippen LogP contribution in [-0.2, 0) is 4.79 Å². The lowest BCUT2D eigenvalue weighted by Gasteiger charge is -2.03. The van der Waals surface area contributed by atoms with Gasteiger partial charge in [0, 0.05) is 17.5 Å². The summed E-state index contributed by atoms with van der Waals surface area (Å²) in [6.45, 7) is 0. The molecule has 0 aliphatic carbocycles. The van der Waals surface area contributed by atoms with Gasteiger partial charge in [-0.3, -0.25) is 4.79 Å². The molecule has 0 aliphatic heterocycles. The molecule has 0 radical (unpaired) electrons. The van der Waals surface area contributed by atoms with Crippen LogP contribution in [0.2, 0.25) is 0 Å². The van der Waals surface area contributed by atoms with Crippen LogP contribution in [-0.4, -0.2) is 13.0 Å². The molecule has 0 spiro atoms. The molecule has 0 saturated carbocycles. The first-order chi connectivity index (χ1) is 9.67. The molecule has 0 saturated heterocycles. The number of anilines is 2. The molecular weight excluding hydrogens is 252 g/mol. The van der Waals surface area contributed by atoms with E-state index in [1.54, 1.807) is 49.6 Å². The van der Waals surface area contributed by atoms with Gasteiger partial charge in [0.15, 0.2) is 0 Å². The van der Waals surface area contributed by atoms with E-state index >= 15 is 0 Å². The summed E-state index contributed by atoms with van der Waals surface area (Å²) in [4.78, 5) is 11.8. The van der Waals surface area contributed by atoms with Crippen molar-refractivity contribution in [1.82, 2.24) is 0 Å². The smallest absolute Gasteiger partial charge is 0.248 e. The highest BCUT2D eigenvalue weighted by atomic mass is 16.5. The highest BCUT2D eigenvalue weighted by molar-refractivity contribution is 6.01. The molecule has 2 aromatic carbocycles. The molecule has 0 heterocycles. The van der Waals surface area contributed by atoms with Gasteiger partial charge in [0.2, 0.25) is 5.91 Å². The zero-order valence-electron chi connectivity index (χ0n) is 11.2. The first kappa shape index (κ1) is 13.7. The fourth-order valence-electron chi connectivity index (χ4n) is 1.64. The number of nitrogens with two attached hydrogens (primary N) is 1. The lowest BCUT2D eigenvalue weighted by atomic mass is 10.2. The Kier molecular flexibility index (Phi) is 4.39. The number of nitrogen functional groups attached to an aromatic ring is 1. The molecule has 20 heavy (non-hydrogen) atoms. The van der Waals surface area contributed by atoms with Crippen LogP contribution in [0.5, 0.6) is 5.75 Å². The van der Waals surface area contributed by atoms with E-state index in [9.17, 15) is 4.79 Å². The minimum absolute atomic E-state index is 0.188. The Labute approximate surface area is 117 Å². The molecule has 0 atom stereocenters. The van der Waals surface area contributed by atoms with Crippen molar-refractivity contribution in [3.8, 4) is 5.75 Å². The molecule has 2 aromatic rings. The average Bonchev–Trinajstić information content (AvgIpc) is 2.47. The molecule has 0 unspecified atom stereocenters. The highest BCUT2D eigenvalue weighted by Gasteiger charge is 1.98. The van der Waals surface area contributed by atoms with Crippen molar-refractivity contribution >= 4 is 23.4 Å². The van der Waals surface area contributed by atoms with Crippen molar-refractivity contribution in [3.05, 3.63) is 60.2 Å².